The third-order valence-corrected chi connectivity index (χ3v) is 4.74. The molecule has 1 aromatic carbocycles. The van der Waals surface area contributed by atoms with Crippen molar-refractivity contribution in [2.75, 3.05) is 0 Å². The van der Waals surface area contributed by atoms with Gasteiger partial charge in [-0.3, -0.25) is 0 Å². The summed E-state index contributed by atoms with van der Waals surface area (Å²) in [6.07, 6.45) is 6.24. The van der Waals surface area contributed by atoms with Crippen LogP contribution >= 0.6 is 0 Å². The molecule has 0 nitrogen and oxygen atoms in total. The number of halogens is 3. The summed E-state index contributed by atoms with van der Waals surface area (Å²) in [4.78, 5) is 0. The first-order chi connectivity index (χ1) is 8.01. The van der Waals surface area contributed by atoms with Crippen molar-refractivity contribution in [3.8, 4) is 0 Å². The Balaban J connectivity index is 1.81. The molecule has 1 unspecified atom stereocenters. The topological polar surface area (TPSA) is 0 Å². The van der Waals surface area contributed by atoms with Crippen molar-refractivity contribution < 1.29 is 12.9 Å². The van der Waals surface area contributed by atoms with Gasteiger partial charge >= 0.3 is 6.98 Å². The second-order valence-electron chi connectivity index (χ2n) is 5.55. The average Bonchev–Trinajstić information content (AvgIpc) is 2.13. The zero-order valence-electron chi connectivity index (χ0n) is 9.63. The first-order valence-corrected chi connectivity index (χ1v) is 6.31. The highest BCUT2D eigenvalue weighted by Crippen LogP contribution is 2.63. The van der Waals surface area contributed by atoms with Crippen LogP contribution in [0.2, 0.25) is 0 Å². The molecule has 0 radical (unpaired) electrons. The molecule has 92 valence electrons. The molecule has 0 N–H and O–H groups in total. The van der Waals surface area contributed by atoms with E-state index in [1.54, 1.807) is 12.1 Å². The Morgan fingerprint density at radius 2 is 1.65 bits per heavy atom. The van der Waals surface area contributed by atoms with E-state index in [1.165, 1.54) is 37.8 Å². The van der Waals surface area contributed by atoms with Crippen molar-refractivity contribution >= 4 is 12.4 Å². The zero-order chi connectivity index (χ0) is 12.1. The summed E-state index contributed by atoms with van der Waals surface area (Å²) in [5.41, 5.74) is 1.10. The highest BCUT2D eigenvalue weighted by atomic mass is 19.4. The van der Waals surface area contributed by atoms with Gasteiger partial charge in [0, 0.05) is 0 Å². The lowest BCUT2D eigenvalue weighted by Gasteiger charge is -2.56. The molecule has 17 heavy (non-hydrogen) atoms. The van der Waals surface area contributed by atoms with E-state index in [9.17, 15) is 12.9 Å². The lowest BCUT2D eigenvalue weighted by Crippen LogP contribution is -2.44. The van der Waals surface area contributed by atoms with Crippen LogP contribution in [0.5, 0.6) is 0 Å². The van der Waals surface area contributed by atoms with Crippen LogP contribution in [0.3, 0.4) is 0 Å². The predicted octanol–water partition coefficient (Wildman–Crippen LogP) is 3.79. The molecule has 0 aromatic heterocycles. The summed E-state index contributed by atoms with van der Waals surface area (Å²) in [5, 5.41) is 0. The van der Waals surface area contributed by atoms with Crippen molar-refractivity contribution in [2.24, 2.45) is 5.41 Å². The third kappa shape index (κ3) is 1.69. The van der Waals surface area contributed by atoms with Crippen LogP contribution in [-0.4, -0.2) is 6.98 Å². The largest absolute Gasteiger partial charge is 0.509 e. The first kappa shape index (κ1) is 11.2. The quantitative estimate of drug-likeness (QED) is 0.688. The van der Waals surface area contributed by atoms with Crippen LogP contribution in [0.25, 0.3) is 0 Å². The molecule has 2 aliphatic rings. The molecule has 0 heterocycles. The van der Waals surface area contributed by atoms with E-state index < -0.39 is 12.4 Å². The predicted molar refractivity (Wildman–Crippen MR) is 63.4 cm³/mol. The Morgan fingerprint density at radius 1 is 1.00 bits per heavy atom. The summed E-state index contributed by atoms with van der Waals surface area (Å²) in [6, 6.07) is 5.88. The monoisotopic (exact) mass is 239 g/mol. The maximum atomic E-state index is 12.5. The fourth-order valence-corrected chi connectivity index (χ4v) is 3.39. The molecule has 1 aromatic rings. The number of hydrogen-bond donors (Lipinski definition) is 0. The summed E-state index contributed by atoms with van der Waals surface area (Å²) in [5.74, 6) is 0.519. The van der Waals surface area contributed by atoms with Crippen molar-refractivity contribution in [2.45, 2.75) is 38.0 Å². The maximum Gasteiger partial charge on any atom is 0.509 e. The van der Waals surface area contributed by atoms with Gasteiger partial charge in [-0.15, -0.1) is 5.46 Å². The second-order valence-corrected chi connectivity index (χ2v) is 5.55. The van der Waals surface area contributed by atoms with Crippen molar-refractivity contribution in [1.82, 2.24) is 0 Å². The Bertz CT molecular complexity index is 412. The summed E-state index contributed by atoms with van der Waals surface area (Å²) < 4.78 is 37.5. The smallest absolute Gasteiger partial charge is 0.445 e. The molecule has 1 atom stereocenters. The van der Waals surface area contributed by atoms with Crippen molar-refractivity contribution in [1.29, 1.82) is 0 Å². The lowest BCUT2D eigenvalue weighted by atomic mass is 9.48. The van der Waals surface area contributed by atoms with E-state index in [2.05, 4.69) is 0 Å². The van der Waals surface area contributed by atoms with E-state index in [0.29, 0.717) is 11.3 Å². The van der Waals surface area contributed by atoms with Gasteiger partial charge in [0.15, 0.2) is 0 Å². The van der Waals surface area contributed by atoms with Crippen LogP contribution in [0.4, 0.5) is 12.9 Å². The molecule has 0 bridgehead atoms. The molecular formula is C13H15BF3-. The standard InChI is InChI=1S/C13H15BF3/c15-14(16,17)11-4-2-10(3-5-11)12-6-9-13(12)7-1-8-13/h2-5,12H,1,6-9H2/q-1. The van der Waals surface area contributed by atoms with E-state index in [0.717, 1.165) is 12.0 Å². The Labute approximate surface area is 99.3 Å². The average molecular weight is 239 g/mol. The van der Waals surface area contributed by atoms with E-state index in [4.69, 9.17) is 0 Å². The SMILES string of the molecule is F[B-](F)(F)c1ccc(C2CCC23CCC3)cc1. The molecule has 3 rings (SSSR count). The van der Waals surface area contributed by atoms with Crippen molar-refractivity contribution in [3.05, 3.63) is 29.8 Å². The minimum atomic E-state index is -4.84. The molecule has 0 saturated heterocycles. The highest BCUT2D eigenvalue weighted by molar-refractivity contribution is 6.73. The van der Waals surface area contributed by atoms with E-state index >= 15 is 0 Å². The highest BCUT2D eigenvalue weighted by Gasteiger charge is 2.50. The molecule has 2 aliphatic carbocycles. The minimum Gasteiger partial charge on any atom is -0.445 e. The molecule has 2 saturated carbocycles. The lowest BCUT2D eigenvalue weighted by molar-refractivity contribution is -0.00196. The van der Waals surface area contributed by atoms with Crippen LogP contribution in [0.1, 0.15) is 43.6 Å². The van der Waals surface area contributed by atoms with Gasteiger partial charge in [-0.1, -0.05) is 30.7 Å². The third-order valence-electron chi connectivity index (χ3n) is 4.74. The molecular weight excluding hydrogens is 224 g/mol. The van der Waals surface area contributed by atoms with Gasteiger partial charge < -0.3 is 12.9 Å². The Hall–Kier alpha value is -0.925. The van der Waals surface area contributed by atoms with Gasteiger partial charge in [-0.25, -0.2) is 0 Å². The van der Waals surface area contributed by atoms with Crippen LogP contribution in [0, 0.1) is 5.41 Å². The number of rotatable bonds is 2. The second kappa shape index (κ2) is 3.53. The zero-order valence-corrected chi connectivity index (χ0v) is 9.63. The fraction of sp³-hybridized carbons (Fsp3) is 0.538. The van der Waals surface area contributed by atoms with Crippen molar-refractivity contribution in [3.63, 3.8) is 0 Å². The van der Waals surface area contributed by atoms with Crippen LogP contribution in [0.15, 0.2) is 24.3 Å². The summed E-state index contributed by atoms with van der Waals surface area (Å²) in [7, 11) is 0. The van der Waals surface area contributed by atoms with E-state index in [1.807, 2.05) is 0 Å². The van der Waals surface area contributed by atoms with Gasteiger partial charge in [0.25, 0.3) is 0 Å². The molecule has 4 heteroatoms. The minimum absolute atomic E-state index is 0.463. The van der Waals surface area contributed by atoms with Gasteiger partial charge in [0.05, 0.1) is 0 Å². The van der Waals surface area contributed by atoms with Crippen LogP contribution in [-0.2, 0) is 0 Å². The number of benzene rings is 1. The number of hydrogen-bond acceptors (Lipinski definition) is 0. The maximum absolute atomic E-state index is 12.5. The first-order valence-electron chi connectivity index (χ1n) is 6.31. The molecule has 0 aliphatic heterocycles. The molecule has 0 amide bonds. The Morgan fingerprint density at radius 3 is 2.00 bits per heavy atom. The van der Waals surface area contributed by atoms with Gasteiger partial charge in [0.2, 0.25) is 0 Å². The Kier molecular flexibility index (Phi) is 2.32. The summed E-state index contributed by atoms with van der Waals surface area (Å²) in [6.45, 7) is -4.84. The molecule has 2 fully saturated rings. The fourth-order valence-electron chi connectivity index (χ4n) is 3.39. The van der Waals surface area contributed by atoms with Gasteiger partial charge in [-0.2, -0.15) is 0 Å². The van der Waals surface area contributed by atoms with Gasteiger partial charge in [-0.05, 0) is 42.6 Å². The molecule has 1 spiro atoms. The van der Waals surface area contributed by atoms with Crippen LogP contribution < -0.4 is 5.46 Å². The summed E-state index contributed by atoms with van der Waals surface area (Å²) >= 11 is 0. The van der Waals surface area contributed by atoms with Gasteiger partial charge in [0.1, 0.15) is 0 Å². The normalized spacial score (nSPS) is 26.4. The van der Waals surface area contributed by atoms with E-state index in [-0.39, 0.29) is 0 Å².